The number of hydrogen-bond acceptors (Lipinski definition) is 6. The highest BCUT2D eigenvalue weighted by molar-refractivity contribution is 7.89. The number of para-hydroxylation sites is 1. The lowest BCUT2D eigenvalue weighted by atomic mass is 10.0. The van der Waals surface area contributed by atoms with Gasteiger partial charge >= 0.3 is 6.03 Å². The van der Waals surface area contributed by atoms with Crippen molar-refractivity contribution in [2.24, 2.45) is 5.92 Å². The Kier molecular flexibility index (Phi) is 9.64. The number of rotatable bonds is 8. The number of hydrogen-bond donors (Lipinski definition) is 3. The van der Waals surface area contributed by atoms with Gasteiger partial charge in [-0.25, -0.2) is 13.2 Å². The van der Waals surface area contributed by atoms with Crippen molar-refractivity contribution in [2.75, 3.05) is 37.4 Å². The first kappa shape index (κ1) is 30.0. The van der Waals surface area contributed by atoms with Gasteiger partial charge in [-0.15, -0.1) is 0 Å². The first-order valence-corrected chi connectivity index (χ1v) is 14.9. The Hall–Kier alpha value is -3.93. The zero-order valence-corrected chi connectivity index (χ0v) is 24.2. The standard InChI is InChI=1S/C30H36N4O6S/c1-21-18-34(22(2)20-35)29(36)17-23-16-25(32-30(37)31-24-10-6-4-7-11-24)14-15-27(23)40-28(21)19-33(3)41(38,39)26-12-8-5-9-13-26/h4-16,21-22,28,35H,17-20H2,1-3H3,(H2,31,32,37)/t21-,22-,28-/m0/s1. The van der Waals surface area contributed by atoms with Gasteiger partial charge in [-0.2, -0.15) is 4.31 Å². The van der Waals surface area contributed by atoms with Gasteiger partial charge in [0.15, 0.2) is 0 Å². The molecule has 0 bridgehead atoms. The number of fused-ring (bicyclic) bond motifs is 1. The quantitative estimate of drug-likeness (QED) is 0.372. The molecule has 0 radical (unpaired) electrons. The Bertz CT molecular complexity index is 1450. The summed E-state index contributed by atoms with van der Waals surface area (Å²) >= 11 is 0. The minimum absolute atomic E-state index is 0.0207. The van der Waals surface area contributed by atoms with Crippen molar-refractivity contribution in [2.45, 2.75) is 37.3 Å². The van der Waals surface area contributed by atoms with Crippen LogP contribution in [-0.4, -0.2) is 73.6 Å². The number of carbonyl (C=O) groups is 2. The molecule has 1 aliphatic heterocycles. The van der Waals surface area contributed by atoms with Crippen LogP contribution in [0, 0.1) is 5.92 Å². The van der Waals surface area contributed by atoms with Gasteiger partial charge in [-0.3, -0.25) is 4.79 Å². The second-order valence-electron chi connectivity index (χ2n) is 10.3. The van der Waals surface area contributed by atoms with Crippen LogP contribution in [0.15, 0.2) is 83.8 Å². The minimum atomic E-state index is -3.78. The molecule has 4 rings (SSSR count). The molecule has 0 unspecified atom stereocenters. The summed E-state index contributed by atoms with van der Waals surface area (Å²) in [6.45, 7) is 3.74. The second kappa shape index (κ2) is 13.2. The summed E-state index contributed by atoms with van der Waals surface area (Å²) in [5.41, 5.74) is 1.63. The van der Waals surface area contributed by atoms with E-state index < -0.39 is 28.2 Å². The van der Waals surface area contributed by atoms with E-state index in [1.54, 1.807) is 72.5 Å². The Morgan fingerprint density at radius 1 is 1.05 bits per heavy atom. The lowest BCUT2D eigenvalue weighted by molar-refractivity contribution is -0.134. The molecular formula is C30H36N4O6S. The van der Waals surface area contributed by atoms with E-state index in [-0.39, 0.29) is 42.8 Å². The highest BCUT2D eigenvalue weighted by Gasteiger charge is 2.33. The molecule has 0 fully saturated rings. The van der Waals surface area contributed by atoms with Crippen LogP contribution in [0.25, 0.3) is 0 Å². The lowest BCUT2D eigenvalue weighted by Crippen LogP contribution is -2.48. The Morgan fingerprint density at radius 2 is 1.68 bits per heavy atom. The molecule has 3 N–H and O–H groups in total. The van der Waals surface area contributed by atoms with Gasteiger partial charge in [0.1, 0.15) is 11.9 Å². The molecule has 1 aliphatic rings. The maximum absolute atomic E-state index is 13.4. The summed E-state index contributed by atoms with van der Waals surface area (Å²) in [7, 11) is -2.28. The van der Waals surface area contributed by atoms with Crippen LogP contribution in [0.4, 0.5) is 16.2 Å². The molecule has 218 valence electrons. The molecular weight excluding hydrogens is 544 g/mol. The van der Waals surface area contributed by atoms with Crippen LogP contribution in [0.3, 0.4) is 0 Å². The van der Waals surface area contributed by atoms with Crippen LogP contribution < -0.4 is 15.4 Å². The Balaban J connectivity index is 1.62. The monoisotopic (exact) mass is 580 g/mol. The van der Waals surface area contributed by atoms with Gasteiger partial charge < -0.3 is 25.4 Å². The van der Waals surface area contributed by atoms with Crippen molar-refractivity contribution < 1.29 is 27.9 Å². The minimum Gasteiger partial charge on any atom is -0.488 e. The van der Waals surface area contributed by atoms with Crippen molar-refractivity contribution >= 4 is 33.3 Å². The van der Waals surface area contributed by atoms with Crippen molar-refractivity contribution in [1.82, 2.24) is 9.21 Å². The fourth-order valence-electron chi connectivity index (χ4n) is 4.66. The fourth-order valence-corrected chi connectivity index (χ4v) is 5.87. The van der Waals surface area contributed by atoms with E-state index in [0.29, 0.717) is 22.7 Å². The van der Waals surface area contributed by atoms with E-state index >= 15 is 0 Å². The molecule has 0 saturated heterocycles. The van der Waals surface area contributed by atoms with Gasteiger partial charge in [0, 0.05) is 36.4 Å². The van der Waals surface area contributed by atoms with E-state index in [1.807, 2.05) is 25.1 Å². The van der Waals surface area contributed by atoms with Crippen molar-refractivity contribution in [3.63, 3.8) is 0 Å². The molecule has 0 aromatic heterocycles. The Morgan fingerprint density at radius 3 is 2.34 bits per heavy atom. The van der Waals surface area contributed by atoms with Gasteiger partial charge in [0.05, 0.1) is 30.5 Å². The molecule has 1 heterocycles. The van der Waals surface area contributed by atoms with E-state index in [0.717, 1.165) is 0 Å². The van der Waals surface area contributed by atoms with E-state index in [4.69, 9.17) is 4.74 Å². The first-order valence-electron chi connectivity index (χ1n) is 13.4. The van der Waals surface area contributed by atoms with E-state index in [9.17, 15) is 23.1 Å². The number of sulfonamides is 1. The average Bonchev–Trinajstić information content (AvgIpc) is 3.01. The summed E-state index contributed by atoms with van der Waals surface area (Å²) in [6, 6.07) is 21.3. The van der Waals surface area contributed by atoms with Crippen molar-refractivity contribution in [3.05, 3.63) is 84.4 Å². The third-order valence-electron chi connectivity index (χ3n) is 7.09. The molecule has 41 heavy (non-hydrogen) atoms. The lowest BCUT2D eigenvalue weighted by Gasteiger charge is -2.33. The third-order valence-corrected chi connectivity index (χ3v) is 8.93. The van der Waals surface area contributed by atoms with Crippen molar-refractivity contribution in [3.8, 4) is 5.75 Å². The molecule has 3 atom stereocenters. The van der Waals surface area contributed by atoms with Crippen LogP contribution >= 0.6 is 0 Å². The molecule has 3 aromatic carbocycles. The predicted molar refractivity (Wildman–Crippen MR) is 157 cm³/mol. The van der Waals surface area contributed by atoms with Gasteiger partial charge in [-0.05, 0) is 49.4 Å². The maximum atomic E-state index is 13.4. The predicted octanol–water partition coefficient (Wildman–Crippen LogP) is 3.80. The number of ether oxygens (including phenoxy) is 1. The van der Waals surface area contributed by atoms with Crippen molar-refractivity contribution in [1.29, 1.82) is 0 Å². The van der Waals surface area contributed by atoms with Crippen LogP contribution in [0.2, 0.25) is 0 Å². The number of carbonyl (C=O) groups excluding carboxylic acids is 2. The van der Waals surface area contributed by atoms with Gasteiger partial charge in [0.25, 0.3) is 0 Å². The summed E-state index contributed by atoms with van der Waals surface area (Å²) in [6.07, 6.45) is -0.635. The van der Waals surface area contributed by atoms with Crippen LogP contribution in [0.5, 0.6) is 5.75 Å². The molecule has 3 aromatic rings. The summed E-state index contributed by atoms with van der Waals surface area (Å²) in [5.74, 6) is -0.0601. The SMILES string of the molecule is C[C@H]1CN([C@@H](C)CO)C(=O)Cc2cc(NC(=O)Nc3ccccc3)ccc2O[C@H]1CN(C)S(=O)(=O)c1ccccc1. The smallest absolute Gasteiger partial charge is 0.323 e. The zero-order chi connectivity index (χ0) is 29.6. The first-order chi connectivity index (χ1) is 19.6. The highest BCUT2D eigenvalue weighted by atomic mass is 32.2. The van der Waals surface area contributed by atoms with E-state index in [2.05, 4.69) is 10.6 Å². The molecule has 0 saturated carbocycles. The number of amides is 3. The summed E-state index contributed by atoms with van der Waals surface area (Å²) in [5, 5.41) is 15.4. The number of likely N-dealkylation sites (N-methyl/N-ethyl adjacent to an activating group) is 1. The Labute approximate surface area is 241 Å². The molecule has 0 spiro atoms. The van der Waals surface area contributed by atoms with Crippen LogP contribution in [0.1, 0.15) is 19.4 Å². The van der Waals surface area contributed by atoms with Gasteiger partial charge in [0.2, 0.25) is 15.9 Å². The largest absolute Gasteiger partial charge is 0.488 e. The topological polar surface area (TPSA) is 128 Å². The molecule has 0 aliphatic carbocycles. The zero-order valence-electron chi connectivity index (χ0n) is 23.4. The highest BCUT2D eigenvalue weighted by Crippen LogP contribution is 2.30. The van der Waals surface area contributed by atoms with Crippen LogP contribution in [-0.2, 0) is 21.2 Å². The van der Waals surface area contributed by atoms with E-state index in [1.165, 1.54) is 11.4 Å². The van der Waals surface area contributed by atoms with Gasteiger partial charge in [-0.1, -0.05) is 43.3 Å². The molecule has 11 heteroatoms. The molecule has 3 amide bonds. The number of aliphatic hydroxyl groups excluding tert-OH is 1. The number of nitrogens with one attached hydrogen (secondary N) is 2. The number of aliphatic hydroxyl groups is 1. The number of benzene rings is 3. The third kappa shape index (κ3) is 7.43. The normalized spacial score (nSPS) is 18.4. The molecule has 10 nitrogen and oxygen atoms in total. The number of nitrogens with zero attached hydrogens (tertiary/aromatic N) is 2. The maximum Gasteiger partial charge on any atom is 0.323 e. The number of anilines is 2. The second-order valence-corrected chi connectivity index (χ2v) is 12.3. The number of urea groups is 1. The fraction of sp³-hybridized carbons (Fsp3) is 0.333. The summed E-state index contributed by atoms with van der Waals surface area (Å²) in [4.78, 5) is 27.8. The summed E-state index contributed by atoms with van der Waals surface area (Å²) < 4.78 is 34.2. The average molecular weight is 581 g/mol.